The summed E-state index contributed by atoms with van der Waals surface area (Å²) >= 11 is 1.59. The molecule has 0 spiro atoms. The number of nitrogens with one attached hydrogen (secondary N) is 1. The van der Waals surface area contributed by atoms with Crippen molar-refractivity contribution in [2.24, 2.45) is 0 Å². The lowest BCUT2D eigenvalue weighted by atomic mass is 10.0. The van der Waals surface area contributed by atoms with Gasteiger partial charge in [0.1, 0.15) is 0 Å². The Morgan fingerprint density at radius 2 is 2.09 bits per heavy atom. The van der Waals surface area contributed by atoms with Crippen molar-refractivity contribution in [1.29, 1.82) is 0 Å². The SMILES string of the molecule is O=Cc1ccccc1-c1ccc2sc(NCCCO)nc2c1. The van der Waals surface area contributed by atoms with E-state index >= 15 is 0 Å². The van der Waals surface area contributed by atoms with Crippen molar-refractivity contribution in [2.75, 3.05) is 18.5 Å². The minimum Gasteiger partial charge on any atom is -0.396 e. The summed E-state index contributed by atoms with van der Waals surface area (Å²) in [6, 6.07) is 13.6. The van der Waals surface area contributed by atoms with Crippen molar-refractivity contribution < 1.29 is 9.90 Å². The molecular weight excluding hydrogens is 296 g/mol. The summed E-state index contributed by atoms with van der Waals surface area (Å²) in [6.45, 7) is 0.877. The molecule has 0 radical (unpaired) electrons. The number of carbonyl (C=O) groups excluding carboxylic acids is 1. The molecule has 0 saturated heterocycles. The molecule has 0 aliphatic heterocycles. The van der Waals surface area contributed by atoms with E-state index in [1.165, 1.54) is 0 Å². The first-order valence-corrected chi connectivity index (χ1v) is 7.93. The molecule has 0 aliphatic rings. The normalized spacial score (nSPS) is 10.8. The van der Waals surface area contributed by atoms with Gasteiger partial charge in [-0.15, -0.1) is 0 Å². The number of carbonyl (C=O) groups is 1. The Hall–Kier alpha value is -2.24. The molecule has 112 valence electrons. The quantitative estimate of drug-likeness (QED) is 0.539. The van der Waals surface area contributed by atoms with E-state index in [2.05, 4.69) is 10.3 Å². The van der Waals surface area contributed by atoms with Crippen LogP contribution in [0, 0.1) is 0 Å². The molecule has 0 amide bonds. The van der Waals surface area contributed by atoms with Crippen LogP contribution in [0.3, 0.4) is 0 Å². The molecule has 5 heteroatoms. The Morgan fingerprint density at radius 1 is 1.23 bits per heavy atom. The molecule has 4 nitrogen and oxygen atoms in total. The third-order valence-electron chi connectivity index (χ3n) is 3.40. The van der Waals surface area contributed by atoms with Crippen LogP contribution < -0.4 is 5.32 Å². The first-order chi connectivity index (χ1) is 10.8. The van der Waals surface area contributed by atoms with E-state index in [4.69, 9.17) is 5.11 Å². The molecule has 2 aromatic carbocycles. The zero-order chi connectivity index (χ0) is 15.4. The maximum atomic E-state index is 11.2. The number of fused-ring (bicyclic) bond motifs is 1. The van der Waals surface area contributed by atoms with E-state index in [9.17, 15) is 4.79 Å². The van der Waals surface area contributed by atoms with Gasteiger partial charge in [0.25, 0.3) is 0 Å². The van der Waals surface area contributed by atoms with Gasteiger partial charge in [-0.2, -0.15) is 0 Å². The molecule has 1 aromatic heterocycles. The van der Waals surface area contributed by atoms with E-state index in [0.29, 0.717) is 18.5 Å². The van der Waals surface area contributed by atoms with Crippen LogP contribution in [0.1, 0.15) is 16.8 Å². The first kappa shape index (κ1) is 14.7. The smallest absolute Gasteiger partial charge is 0.183 e. The average Bonchev–Trinajstić information content (AvgIpc) is 2.96. The zero-order valence-electron chi connectivity index (χ0n) is 12.0. The molecule has 3 aromatic rings. The molecule has 2 N–H and O–H groups in total. The minimum absolute atomic E-state index is 0.171. The summed E-state index contributed by atoms with van der Waals surface area (Å²) in [6.07, 6.45) is 1.58. The van der Waals surface area contributed by atoms with Gasteiger partial charge in [0.15, 0.2) is 11.4 Å². The number of aliphatic hydroxyl groups is 1. The fourth-order valence-electron chi connectivity index (χ4n) is 2.31. The Kier molecular flexibility index (Phi) is 4.46. The molecule has 22 heavy (non-hydrogen) atoms. The number of thiazole rings is 1. The number of nitrogens with zero attached hydrogens (tertiary/aromatic N) is 1. The monoisotopic (exact) mass is 312 g/mol. The number of anilines is 1. The van der Waals surface area contributed by atoms with Crippen molar-refractivity contribution in [3.05, 3.63) is 48.0 Å². The summed E-state index contributed by atoms with van der Waals surface area (Å²) in [4.78, 5) is 15.7. The second-order valence-electron chi connectivity index (χ2n) is 4.91. The lowest BCUT2D eigenvalue weighted by molar-refractivity contribution is 0.112. The van der Waals surface area contributed by atoms with Crippen LogP contribution in [-0.4, -0.2) is 29.5 Å². The van der Waals surface area contributed by atoms with Crippen LogP contribution in [0.5, 0.6) is 0 Å². The van der Waals surface area contributed by atoms with Crippen molar-refractivity contribution in [2.45, 2.75) is 6.42 Å². The number of hydrogen-bond donors (Lipinski definition) is 2. The van der Waals surface area contributed by atoms with E-state index in [1.807, 2.05) is 42.5 Å². The molecule has 3 rings (SSSR count). The largest absolute Gasteiger partial charge is 0.396 e. The molecule has 0 unspecified atom stereocenters. The van der Waals surface area contributed by atoms with Gasteiger partial charge in [0.2, 0.25) is 0 Å². The summed E-state index contributed by atoms with van der Waals surface area (Å²) in [5, 5.41) is 12.9. The number of rotatable bonds is 6. The van der Waals surface area contributed by atoms with Crippen molar-refractivity contribution >= 4 is 33.0 Å². The second kappa shape index (κ2) is 6.68. The number of benzene rings is 2. The van der Waals surface area contributed by atoms with Gasteiger partial charge in [-0.3, -0.25) is 4.79 Å². The summed E-state index contributed by atoms with van der Waals surface area (Å²) in [5.74, 6) is 0. The summed E-state index contributed by atoms with van der Waals surface area (Å²) in [7, 11) is 0. The van der Waals surface area contributed by atoms with Crippen LogP contribution in [0.25, 0.3) is 21.3 Å². The summed E-state index contributed by atoms with van der Waals surface area (Å²) in [5.41, 5.74) is 3.50. The predicted molar refractivity (Wildman–Crippen MR) is 90.6 cm³/mol. The van der Waals surface area contributed by atoms with Gasteiger partial charge in [-0.05, 0) is 29.7 Å². The topological polar surface area (TPSA) is 62.2 Å². The van der Waals surface area contributed by atoms with Gasteiger partial charge in [0.05, 0.1) is 10.2 Å². The first-order valence-electron chi connectivity index (χ1n) is 7.12. The van der Waals surface area contributed by atoms with Crippen molar-refractivity contribution in [3.8, 4) is 11.1 Å². The molecule has 0 aliphatic carbocycles. The van der Waals surface area contributed by atoms with Gasteiger partial charge < -0.3 is 10.4 Å². The predicted octanol–water partition coefficient (Wildman–Crippen LogP) is 3.57. The van der Waals surface area contributed by atoms with Crippen LogP contribution in [0.4, 0.5) is 5.13 Å². The second-order valence-corrected chi connectivity index (χ2v) is 5.94. The van der Waals surface area contributed by atoms with Crippen molar-refractivity contribution in [1.82, 2.24) is 4.98 Å². The highest BCUT2D eigenvalue weighted by Gasteiger charge is 2.08. The summed E-state index contributed by atoms with van der Waals surface area (Å²) < 4.78 is 1.10. The van der Waals surface area contributed by atoms with E-state index < -0.39 is 0 Å². The van der Waals surface area contributed by atoms with Gasteiger partial charge in [0, 0.05) is 18.7 Å². The number of aliphatic hydroxyl groups excluding tert-OH is 1. The molecule has 0 saturated carbocycles. The molecule has 1 heterocycles. The van der Waals surface area contributed by atoms with Crippen LogP contribution in [-0.2, 0) is 0 Å². The third-order valence-corrected chi connectivity index (χ3v) is 4.39. The van der Waals surface area contributed by atoms with E-state index in [1.54, 1.807) is 11.3 Å². The van der Waals surface area contributed by atoms with Gasteiger partial charge in [-0.1, -0.05) is 41.7 Å². The minimum atomic E-state index is 0.171. The highest BCUT2D eigenvalue weighted by molar-refractivity contribution is 7.22. The number of hydrogen-bond acceptors (Lipinski definition) is 5. The Balaban J connectivity index is 1.94. The Morgan fingerprint density at radius 3 is 2.91 bits per heavy atom. The van der Waals surface area contributed by atoms with Gasteiger partial charge in [-0.25, -0.2) is 4.98 Å². The van der Waals surface area contributed by atoms with Gasteiger partial charge >= 0.3 is 0 Å². The van der Waals surface area contributed by atoms with Crippen LogP contribution >= 0.6 is 11.3 Å². The molecule has 0 atom stereocenters. The number of aldehydes is 1. The van der Waals surface area contributed by atoms with E-state index in [0.717, 1.165) is 32.8 Å². The number of aromatic nitrogens is 1. The third kappa shape index (κ3) is 3.00. The maximum absolute atomic E-state index is 11.2. The molecular formula is C17H16N2O2S. The Bertz CT molecular complexity index is 798. The average molecular weight is 312 g/mol. The highest BCUT2D eigenvalue weighted by atomic mass is 32.1. The maximum Gasteiger partial charge on any atom is 0.183 e. The lowest BCUT2D eigenvalue weighted by Crippen LogP contribution is -2.02. The molecule has 0 bridgehead atoms. The van der Waals surface area contributed by atoms with Crippen molar-refractivity contribution in [3.63, 3.8) is 0 Å². The van der Waals surface area contributed by atoms with Crippen LogP contribution in [0.2, 0.25) is 0 Å². The highest BCUT2D eigenvalue weighted by Crippen LogP contribution is 2.31. The van der Waals surface area contributed by atoms with E-state index in [-0.39, 0.29) is 6.61 Å². The van der Waals surface area contributed by atoms with Crippen LogP contribution in [0.15, 0.2) is 42.5 Å². The fraction of sp³-hybridized carbons (Fsp3) is 0.176. The standard InChI is InChI=1S/C17H16N2O2S/c20-9-3-8-18-17-19-15-10-12(6-7-16(15)22-17)14-5-2-1-4-13(14)11-21/h1-2,4-7,10-11,20H,3,8-9H2,(H,18,19). The lowest BCUT2D eigenvalue weighted by Gasteiger charge is -2.04. The molecule has 0 fully saturated rings. The zero-order valence-corrected chi connectivity index (χ0v) is 12.8. The fourth-order valence-corrected chi connectivity index (χ4v) is 3.18. The Labute approximate surface area is 132 Å².